The highest BCUT2D eigenvalue weighted by Gasteiger charge is 2.27. The lowest BCUT2D eigenvalue weighted by atomic mass is 10.3. The van der Waals surface area contributed by atoms with Crippen LogP contribution in [0.25, 0.3) is 0 Å². The van der Waals surface area contributed by atoms with Gasteiger partial charge in [0.15, 0.2) is 0 Å². The number of sulfonamides is 1. The predicted molar refractivity (Wildman–Crippen MR) is 68.5 cm³/mol. The van der Waals surface area contributed by atoms with Crippen LogP contribution in [0.1, 0.15) is 24.2 Å². The predicted octanol–water partition coefficient (Wildman–Crippen LogP) is 0.797. The fourth-order valence-corrected chi connectivity index (χ4v) is 3.17. The number of aromatic amines is 1. The second-order valence-electron chi connectivity index (χ2n) is 4.04. The van der Waals surface area contributed by atoms with Gasteiger partial charge in [0.05, 0.1) is 12.3 Å². The molecule has 102 valence electrons. The van der Waals surface area contributed by atoms with Gasteiger partial charge in [-0.15, -0.1) is 6.58 Å². The van der Waals surface area contributed by atoms with Crippen LogP contribution in [0.4, 0.5) is 0 Å². The SMILES string of the molecule is C=CCCCN(C)S(=O)(=O)c1c(CO)n[nH]c1C. The number of rotatable bonds is 7. The monoisotopic (exact) mass is 273 g/mol. The van der Waals surface area contributed by atoms with E-state index in [9.17, 15) is 8.42 Å². The maximum Gasteiger partial charge on any atom is 0.246 e. The summed E-state index contributed by atoms with van der Waals surface area (Å²) < 4.78 is 25.9. The number of hydrogen-bond acceptors (Lipinski definition) is 4. The van der Waals surface area contributed by atoms with Crippen molar-refractivity contribution in [1.82, 2.24) is 14.5 Å². The lowest BCUT2D eigenvalue weighted by Crippen LogP contribution is -2.29. The number of aliphatic hydroxyl groups excluding tert-OH is 1. The van der Waals surface area contributed by atoms with Gasteiger partial charge in [0, 0.05) is 13.6 Å². The Hall–Kier alpha value is -1.18. The zero-order chi connectivity index (χ0) is 13.8. The number of nitrogens with zero attached hydrogens (tertiary/aromatic N) is 2. The standard InChI is InChI=1S/C11H19N3O3S/c1-4-5-6-7-14(3)18(16,17)11-9(2)12-13-10(11)8-15/h4,15H,1,5-8H2,2-3H3,(H,12,13). The van der Waals surface area contributed by atoms with Crippen molar-refractivity contribution in [2.45, 2.75) is 31.3 Å². The number of H-pyrrole nitrogens is 1. The van der Waals surface area contributed by atoms with Crippen molar-refractivity contribution in [3.63, 3.8) is 0 Å². The summed E-state index contributed by atoms with van der Waals surface area (Å²) in [5.41, 5.74) is 0.595. The molecular weight excluding hydrogens is 254 g/mol. The molecule has 0 spiro atoms. The Morgan fingerprint density at radius 1 is 1.56 bits per heavy atom. The second-order valence-corrected chi connectivity index (χ2v) is 6.02. The van der Waals surface area contributed by atoms with Gasteiger partial charge in [-0.1, -0.05) is 6.08 Å². The number of aryl methyl sites for hydroxylation is 1. The molecule has 2 N–H and O–H groups in total. The molecule has 0 bridgehead atoms. The Bertz CT molecular complexity index is 508. The number of allylic oxidation sites excluding steroid dienone is 1. The molecule has 0 unspecified atom stereocenters. The molecule has 7 heteroatoms. The highest BCUT2D eigenvalue weighted by molar-refractivity contribution is 7.89. The average Bonchev–Trinajstić information content (AvgIpc) is 2.71. The molecule has 0 atom stereocenters. The molecule has 1 aromatic rings. The molecule has 0 aromatic carbocycles. The summed E-state index contributed by atoms with van der Waals surface area (Å²) in [4.78, 5) is 0.0751. The molecule has 0 aliphatic heterocycles. The van der Waals surface area contributed by atoms with E-state index in [0.29, 0.717) is 18.7 Å². The number of nitrogens with one attached hydrogen (secondary N) is 1. The van der Waals surface area contributed by atoms with Crippen molar-refractivity contribution < 1.29 is 13.5 Å². The van der Waals surface area contributed by atoms with Gasteiger partial charge in [-0.3, -0.25) is 5.10 Å². The summed E-state index contributed by atoms with van der Waals surface area (Å²) in [5, 5.41) is 15.5. The largest absolute Gasteiger partial charge is 0.390 e. The highest BCUT2D eigenvalue weighted by Crippen LogP contribution is 2.21. The van der Waals surface area contributed by atoms with E-state index in [4.69, 9.17) is 5.11 Å². The van der Waals surface area contributed by atoms with E-state index in [0.717, 1.165) is 6.42 Å². The molecule has 0 radical (unpaired) electrons. The summed E-state index contributed by atoms with van der Waals surface area (Å²) in [6.07, 6.45) is 3.23. The zero-order valence-electron chi connectivity index (χ0n) is 10.7. The number of hydrogen-bond donors (Lipinski definition) is 2. The van der Waals surface area contributed by atoms with Crippen LogP contribution in [-0.2, 0) is 16.6 Å². The van der Waals surface area contributed by atoms with Gasteiger partial charge in [-0.2, -0.15) is 5.10 Å². The van der Waals surface area contributed by atoms with Crippen LogP contribution >= 0.6 is 0 Å². The summed E-state index contributed by atoms with van der Waals surface area (Å²) in [7, 11) is -2.08. The van der Waals surface area contributed by atoms with E-state index in [1.165, 1.54) is 11.4 Å². The van der Waals surface area contributed by atoms with Crippen LogP contribution in [0.15, 0.2) is 17.6 Å². The fourth-order valence-electron chi connectivity index (χ4n) is 1.65. The Kier molecular flexibility index (Phi) is 5.06. The zero-order valence-corrected chi connectivity index (χ0v) is 11.5. The Morgan fingerprint density at radius 2 is 2.22 bits per heavy atom. The molecule has 0 fully saturated rings. The van der Waals surface area contributed by atoms with Gasteiger partial charge in [0.1, 0.15) is 10.6 Å². The average molecular weight is 273 g/mol. The van der Waals surface area contributed by atoms with E-state index in [-0.39, 0.29) is 10.6 Å². The first-order chi connectivity index (χ1) is 8.45. The minimum Gasteiger partial charge on any atom is -0.390 e. The summed E-state index contributed by atoms with van der Waals surface area (Å²) in [6.45, 7) is 5.22. The first-order valence-corrected chi connectivity index (χ1v) is 7.11. The normalized spacial score (nSPS) is 12.0. The maximum atomic E-state index is 12.3. The molecule has 0 saturated heterocycles. The summed E-state index contributed by atoms with van der Waals surface area (Å²) in [6, 6.07) is 0. The molecule has 1 rings (SSSR count). The van der Waals surface area contributed by atoms with Crippen molar-refractivity contribution in [2.75, 3.05) is 13.6 Å². The third-order valence-corrected chi connectivity index (χ3v) is 4.72. The Balaban J connectivity index is 2.98. The molecule has 1 heterocycles. The lowest BCUT2D eigenvalue weighted by molar-refractivity contribution is 0.273. The van der Waals surface area contributed by atoms with Crippen molar-refractivity contribution >= 4 is 10.0 Å². The van der Waals surface area contributed by atoms with Crippen molar-refractivity contribution in [3.05, 3.63) is 24.0 Å². The van der Waals surface area contributed by atoms with Gasteiger partial charge in [0.2, 0.25) is 10.0 Å². The van der Waals surface area contributed by atoms with Gasteiger partial charge in [-0.05, 0) is 19.8 Å². The van der Waals surface area contributed by atoms with Gasteiger partial charge in [0.25, 0.3) is 0 Å². The van der Waals surface area contributed by atoms with E-state index >= 15 is 0 Å². The van der Waals surface area contributed by atoms with Crippen LogP contribution < -0.4 is 0 Å². The summed E-state index contributed by atoms with van der Waals surface area (Å²) >= 11 is 0. The van der Waals surface area contributed by atoms with E-state index in [1.807, 2.05) is 0 Å². The minimum absolute atomic E-state index is 0.0751. The molecule has 0 saturated carbocycles. The van der Waals surface area contributed by atoms with Gasteiger partial charge >= 0.3 is 0 Å². The van der Waals surface area contributed by atoms with E-state index in [2.05, 4.69) is 16.8 Å². The number of aromatic nitrogens is 2. The highest BCUT2D eigenvalue weighted by atomic mass is 32.2. The quantitative estimate of drug-likeness (QED) is 0.568. The summed E-state index contributed by atoms with van der Waals surface area (Å²) in [5.74, 6) is 0. The topological polar surface area (TPSA) is 86.3 Å². The van der Waals surface area contributed by atoms with Crippen LogP contribution in [0.3, 0.4) is 0 Å². The molecule has 0 aliphatic carbocycles. The molecule has 18 heavy (non-hydrogen) atoms. The van der Waals surface area contributed by atoms with Gasteiger partial charge < -0.3 is 5.11 Å². The van der Waals surface area contributed by atoms with E-state index in [1.54, 1.807) is 13.0 Å². The first kappa shape index (κ1) is 14.9. The fraction of sp³-hybridized carbons (Fsp3) is 0.545. The smallest absolute Gasteiger partial charge is 0.246 e. The van der Waals surface area contributed by atoms with Crippen LogP contribution in [0.2, 0.25) is 0 Å². The van der Waals surface area contributed by atoms with E-state index < -0.39 is 16.6 Å². The van der Waals surface area contributed by atoms with Crippen molar-refractivity contribution in [2.24, 2.45) is 0 Å². The first-order valence-electron chi connectivity index (χ1n) is 5.67. The number of aliphatic hydroxyl groups is 1. The molecule has 6 nitrogen and oxygen atoms in total. The van der Waals surface area contributed by atoms with Crippen LogP contribution in [0.5, 0.6) is 0 Å². The molecule has 0 aliphatic rings. The molecule has 1 aromatic heterocycles. The Labute approximate surface area is 107 Å². The maximum absolute atomic E-state index is 12.3. The second kappa shape index (κ2) is 6.12. The van der Waals surface area contributed by atoms with Gasteiger partial charge in [-0.25, -0.2) is 12.7 Å². The van der Waals surface area contributed by atoms with Crippen molar-refractivity contribution in [3.8, 4) is 0 Å². The number of unbranched alkanes of at least 4 members (excludes halogenated alkanes) is 1. The third kappa shape index (κ3) is 2.98. The van der Waals surface area contributed by atoms with Crippen molar-refractivity contribution in [1.29, 1.82) is 0 Å². The molecular formula is C11H19N3O3S. The minimum atomic E-state index is -3.60. The third-order valence-electron chi connectivity index (χ3n) is 2.66. The van der Waals surface area contributed by atoms with Crippen LogP contribution in [-0.4, -0.2) is 41.6 Å². The lowest BCUT2D eigenvalue weighted by Gasteiger charge is -2.17. The molecule has 0 amide bonds. The van der Waals surface area contributed by atoms with Crippen LogP contribution in [0, 0.1) is 6.92 Å². The Morgan fingerprint density at radius 3 is 2.78 bits per heavy atom.